The molecule has 4 atom stereocenters. The van der Waals surface area contributed by atoms with Gasteiger partial charge in [0.25, 0.3) is 0 Å². The molecule has 3 heteroatoms. The van der Waals surface area contributed by atoms with Crippen LogP contribution in [0, 0.1) is 11.8 Å². The van der Waals surface area contributed by atoms with Crippen molar-refractivity contribution in [3.05, 3.63) is 30.1 Å². The summed E-state index contributed by atoms with van der Waals surface area (Å²) in [5, 5.41) is 0. The zero-order chi connectivity index (χ0) is 13.1. The number of rotatable bonds is 3. The molecule has 4 unspecified atom stereocenters. The van der Waals surface area contributed by atoms with E-state index in [1.54, 1.807) is 0 Å². The molecule has 1 aliphatic rings. The molecule has 2 N–H and O–H groups in total. The van der Waals surface area contributed by atoms with E-state index in [2.05, 4.69) is 36.7 Å². The molecule has 1 aliphatic heterocycles. The average Bonchev–Trinajstić information content (AvgIpc) is 2.35. The smallest absolute Gasteiger partial charge is 0.0511 e. The van der Waals surface area contributed by atoms with Crippen LogP contribution in [0.4, 0.5) is 0 Å². The van der Waals surface area contributed by atoms with E-state index in [0.717, 1.165) is 24.9 Å². The largest absolute Gasteiger partial charge is 0.326 e. The van der Waals surface area contributed by atoms with Crippen LogP contribution in [0.2, 0.25) is 0 Å². The fourth-order valence-corrected chi connectivity index (χ4v) is 2.95. The van der Waals surface area contributed by atoms with Gasteiger partial charge in [-0.3, -0.25) is 9.88 Å². The van der Waals surface area contributed by atoms with Gasteiger partial charge in [-0.25, -0.2) is 0 Å². The minimum absolute atomic E-state index is 0.134. The lowest BCUT2D eigenvalue weighted by molar-refractivity contribution is 0.0850. The lowest BCUT2D eigenvalue weighted by atomic mass is 9.86. The highest BCUT2D eigenvalue weighted by atomic mass is 15.2. The van der Waals surface area contributed by atoms with Crippen molar-refractivity contribution in [2.75, 3.05) is 13.1 Å². The Hall–Kier alpha value is -0.930. The van der Waals surface area contributed by atoms with Crippen LogP contribution in [0.5, 0.6) is 0 Å². The van der Waals surface area contributed by atoms with Gasteiger partial charge in [-0.2, -0.15) is 0 Å². The zero-order valence-corrected chi connectivity index (χ0v) is 11.7. The maximum Gasteiger partial charge on any atom is 0.0511 e. The molecule has 0 amide bonds. The van der Waals surface area contributed by atoms with Crippen LogP contribution in [-0.4, -0.2) is 29.0 Å². The molecule has 3 nitrogen and oxygen atoms in total. The summed E-state index contributed by atoms with van der Waals surface area (Å²) >= 11 is 0. The van der Waals surface area contributed by atoms with E-state index in [0.29, 0.717) is 6.04 Å². The standard InChI is InChI=1S/C15H25N3/c1-11-6-8-18(10-12(11)2)15(13(3)16)14-5-4-7-17-9-14/h4-5,7,9,11-13,15H,6,8,10,16H2,1-3H3. The van der Waals surface area contributed by atoms with Gasteiger partial charge < -0.3 is 5.73 Å². The monoisotopic (exact) mass is 247 g/mol. The molecule has 100 valence electrons. The summed E-state index contributed by atoms with van der Waals surface area (Å²) in [5.74, 6) is 1.57. The topological polar surface area (TPSA) is 42.1 Å². The van der Waals surface area contributed by atoms with Gasteiger partial charge in [0, 0.05) is 25.0 Å². The predicted octanol–water partition coefficient (Wildman–Crippen LogP) is 2.45. The van der Waals surface area contributed by atoms with Crippen LogP contribution < -0.4 is 5.73 Å². The van der Waals surface area contributed by atoms with E-state index in [9.17, 15) is 0 Å². The van der Waals surface area contributed by atoms with E-state index in [4.69, 9.17) is 5.73 Å². The molecule has 2 rings (SSSR count). The number of hydrogen-bond acceptors (Lipinski definition) is 3. The lowest BCUT2D eigenvalue weighted by Gasteiger charge is -2.41. The van der Waals surface area contributed by atoms with Gasteiger partial charge in [0.05, 0.1) is 6.04 Å². The number of aromatic nitrogens is 1. The van der Waals surface area contributed by atoms with E-state index in [-0.39, 0.29) is 6.04 Å². The number of piperidine rings is 1. The third-order valence-electron chi connectivity index (χ3n) is 4.28. The summed E-state index contributed by atoms with van der Waals surface area (Å²) in [7, 11) is 0. The summed E-state index contributed by atoms with van der Waals surface area (Å²) in [4.78, 5) is 6.77. The Kier molecular flexibility index (Phi) is 4.36. The molecule has 0 bridgehead atoms. The SMILES string of the molecule is CC(N)C(c1cccnc1)N1CCC(C)C(C)C1. The Morgan fingerprint density at radius 2 is 2.17 bits per heavy atom. The number of nitrogens with zero attached hydrogens (tertiary/aromatic N) is 2. The average molecular weight is 247 g/mol. The van der Waals surface area contributed by atoms with E-state index < -0.39 is 0 Å². The van der Waals surface area contributed by atoms with Gasteiger partial charge in [-0.05, 0) is 43.4 Å². The molecule has 1 aromatic rings. The molecule has 0 aliphatic carbocycles. The number of likely N-dealkylation sites (tertiary alicyclic amines) is 1. The highest BCUT2D eigenvalue weighted by molar-refractivity contribution is 5.16. The number of hydrogen-bond donors (Lipinski definition) is 1. The normalized spacial score (nSPS) is 28.9. The molecule has 0 saturated carbocycles. The maximum atomic E-state index is 6.21. The molecular formula is C15H25N3. The van der Waals surface area contributed by atoms with Gasteiger partial charge in [-0.1, -0.05) is 19.9 Å². The van der Waals surface area contributed by atoms with Crippen molar-refractivity contribution in [3.63, 3.8) is 0 Å². The van der Waals surface area contributed by atoms with Gasteiger partial charge in [0.2, 0.25) is 0 Å². The van der Waals surface area contributed by atoms with Crippen molar-refractivity contribution in [1.82, 2.24) is 9.88 Å². The fraction of sp³-hybridized carbons (Fsp3) is 0.667. The van der Waals surface area contributed by atoms with Crippen LogP contribution in [0.15, 0.2) is 24.5 Å². The fourth-order valence-electron chi connectivity index (χ4n) is 2.95. The van der Waals surface area contributed by atoms with Crippen LogP contribution in [0.3, 0.4) is 0 Å². The quantitative estimate of drug-likeness (QED) is 0.892. The minimum atomic E-state index is 0.134. The first-order valence-electron chi connectivity index (χ1n) is 6.99. The predicted molar refractivity (Wildman–Crippen MR) is 75.1 cm³/mol. The Morgan fingerprint density at radius 1 is 1.39 bits per heavy atom. The summed E-state index contributed by atoms with van der Waals surface area (Å²) in [5.41, 5.74) is 7.45. The maximum absolute atomic E-state index is 6.21. The van der Waals surface area contributed by atoms with Crippen molar-refractivity contribution in [2.45, 2.75) is 39.3 Å². The first-order chi connectivity index (χ1) is 8.59. The first kappa shape index (κ1) is 13.5. The van der Waals surface area contributed by atoms with Crippen molar-refractivity contribution >= 4 is 0 Å². The second-order valence-corrected chi connectivity index (χ2v) is 5.83. The summed E-state index contributed by atoms with van der Waals surface area (Å²) < 4.78 is 0. The first-order valence-corrected chi connectivity index (χ1v) is 6.99. The number of nitrogens with two attached hydrogens (primary N) is 1. The Morgan fingerprint density at radius 3 is 2.72 bits per heavy atom. The van der Waals surface area contributed by atoms with E-state index >= 15 is 0 Å². The third-order valence-corrected chi connectivity index (χ3v) is 4.28. The molecular weight excluding hydrogens is 222 g/mol. The molecule has 0 aromatic carbocycles. The zero-order valence-electron chi connectivity index (χ0n) is 11.7. The lowest BCUT2D eigenvalue weighted by Crippen LogP contribution is -2.46. The van der Waals surface area contributed by atoms with Gasteiger partial charge in [0.15, 0.2) is 0 Å². The molecule has 1 fully saturated rings. The molecule has 0 spiro atoms. The molecule has 1 saturated heterocycles. The van der Waals surface area contributed by atoms with E-state index in [1.807, 2.05) is 18.5 Å². The van der Waals surface area contributed by atoms with Crippen LogP contribution in [0.1, 0.15) is 38.8 Å². The van der Waals surface area contributed by atoms with Crippen LogP contribution >= 0.6 is 0 Å². The van der Waals surface area contributed by atoms with Crippen LogP contribution in [0.25, 0.3) is 0 Å². The minimum Gasteiger partial charge on any atom is -0.326 e. The van der Waals surface area contributed by atoms with Crippen molar-refractivity contribution < 1.29 is 0 Å². The van der Waals surface area contributed by atoms with Gasteiger partial charge in [-0.15, -0.1) is 0 Å². The summed E-state index contributed by atoms with van der Waals surface area (Å²) in [6.07, 6.45) is 5.05. The number of pyridine rings is 1. The Bertz CT molecular complexity index is 363. The second kappa shape index (κ2) is 5.81. The Balaban J connectivity index is 2.16. The van der Waals surface area contributed by atoms with Crippen LogP contribution in [-0.2, 0) is 0 Å². The van der Waals surface area contributed by atoms with Gasteiger partial charge in [0.1, 0.15) is 0 Å². The summed E-state index contributed by atoms with van der Waals surface area (Å²) in [6, 6.07) is 4.58. The Labute approximate surface area is 110 Å². The highest BCUT2D eigenvalue weighted by Crippen LogP contribution is 2.30. The van der Waals surface area contributed by atoms with E-state index in [1.165, 1.54) is 12.0 Å². The summed E-state index contributed by atoms with van der Waals surface area (Å²) in [6.45, 7) is 9.08. The molecule has 2 heterocycles. The van der Waals surface area contributed by atoms with Crippen molar-refractivity contribution in [1.29, 1.82) is 0 Å². The molecule has 0 radical (unpaired) electrons. The molecule has 18 heavy (non-hydrogen) atoms. The van der Waals surface area contributed by atoms with Gasteiger partial charge >= 0.3 is 0 Å². The second-order valence-electron chi connectivity index (χ2n) is 5.83. The van der Waals surface area contributed by atoms with Crippen molar-refractivity contribution in [2.24, 2.45) is 17.6 Å². The highest BCUT2D eigenvalue weighted by Gasteiger charge is 2.30. The van der Waals surface area contributed by atoms with Crippen molar-refractivity contribution in [3.8, 4) is 0 Å². The molecule has 1 aromatic heterocycles. The third kappa shape index (κ3) is 2.90.